The topological polar surface area (TPSA) is 47.8 Å². The van der Waals surface area contributed by atoms with Gasteiger partial charge in [0.1, 0.15) is 10.7 Å². The Hall–Kier alpha value is -1.49. The quantitative estimate of drug-likeness (QED) is 0.739. The van der Waals surface area contributed by atoms with Crippen molar-refractivity contribution in [1.82, 2.24) is 14.5 Å². The lowest BCUT2D eigenvalue weighted by atomic mass is 10.5. The zero-order chi connectivity index (χ0) is 9.97. The predicted molar refractivity (Wildman–Crippen MR) is 54.5 cm³/mol. The number of rotatable bonds is 2. The lowest BCUT2D eigenvalue weighted by Crippen LogP contribution is -2.22. The van der Waals surface area contributed by atoms with Crippen LogP contribution in [0.1, 0.15) is 10.7 Å². The zero-order valence-electron chi connectivity index (χ0n) is 7.67. The van der Waals surface area contributed by atoms with E-state index in [1.807, 2.05) is 5.38 Å². The van der Waals surface area contributed by atoms with Crippen molar-refractivity contribution in [2.75, 3.05) is 0 Å². The van der Waals surface area contributed by atoms with Crippen molar-refractivity contribution < 1.29 is 0 Å². The smallest absolute Gasteiger partial charge is 0.272 e. The second kappa shape index (κ2) is 3.71. The molecular weight excluding hydrogens is 198 g/mol. The first-order chi connectivity index (χ1) is 6.77. The fraction of sp³-hybridized carbons (Fsp3) is 0.222. The van der Waals surface area contributed by atoms with Gasteiger partial charge in [-0.25, -0.2) is 4.98 Å². The summed E-state index contributed by atoms with van der Waals surface area (Å²) in [6.07, 6.45) is 5.04. The van der Waals surface area contributed by atoms with Gasteiger partial charge in [-0.1, -0.05) is 0 Å². The van der Waals surface area contributed by atoms with Crippen LogP contribution in [0.3, 0.4) is 0 Å². The molecule has 0 radical (unpaired) electrons. The predicted octanol–water partition coefficient (Wildman–Crippen LogP) is 1.06. The maximum Gasteiger partial charge on any atom is 0.272 e. The highest BCUT2D eigenvalue weighted by Crippen LogP contribution is 2.04. The van der Waals surface area contributed by atoms with Crippen LogP contribution in [0.25, 0.3) is 0 Å². The van der Waals surface area contributed by atoms with Gasteiger partial charge in [-0.05, 0) is 6.92 Å². The molecule has 4 nitrogen and oxygen atoms in total. The summed E-state index contributed by atoms with van der Waals surface area (Å²) in [6, 6.07) is 0. The lowest BCUT2D eigenvalue weighted by molar-refractivity contribution is 0.733. The molecule has 0 unspecified atom stereocenters. The summed E-state index contributed by atoms with van der Waals surface area (Å²) in [5.74, 6) is 0. The standard InChI is InChI=1S/C9H9N3OS/c1-7-9(13)12(4-2-10-7)6-8-11-3-5-14-8/h2-5H,6H2,1H3. The molecule has 72 valence electrons. The summed E-state index contributed by atoms with van der Waals surface area (Å²) in [5, 5.41) is 2.83. The molecule has 0 aliphatic rings. The van der Waals surface area contributed by atoms with E-state index in [1.165, 1.54) is 0 Å². The Morgan fingerprint density at radius 2 is 2.29 bits per heavy atom. The van der Waals surface area contributed by atoms with E-state index in [0.29, 0.717) is 12.2 Å². The molecule has 0 saturated carbocycles. The first kappa shape index (κ1) is 9.08. The fourth-order valence-electron chi connectivity index (χ4n) is 1.16. The number of thiazole rings is 1. The molecule has 0 bridgehead atoms. The molecule has 2 rings (SSSR count). The van der Waals surface area contributed by atoms with E-state index in [0.717, 1.165) is 5.01 Å². The van der Waals surface area contributed by atoms with Crippen molar-refractivity contribution in [3.05, 3.63) is 45.0 Å². The maximum absolute atomic E-state index is 11.6. The molecule has 0 amide bonds. The largest absolute Gasteiger partial charge is 0.306 e. The van der Waals surface area contributed by atoms with Crippen LogP contribution in [0.5, 0.6) is 0 Å². The van der Waals surface area contributed by atoms with Crippen LogP contribution in [-0.2, 0) is 6.54 Å². The molecule has 0 aromatic carbocycles. The van der Waals surface area contributed by atoms with E-state index in [1.54, 1.807) is 41.4 Å². The highest BCUT2D eigenvalue weighted by Gasteiger charge is 2.01. The van der Waals surface area contributed by atoms with E-state index < -0.39 is 0 Å². The van der Waals surface area contributed by atoms with Crippen molar-refractivity contribution >= 4 is 11.3 Å². The summed E-state index contributed by atoms with van der Waals surface area (Å²) in [6.45, 7) is 2.24. The Labute approximate surface area is 84.9 Å². The first-order valence-corrected chi connectivity index (χ1v) is 5.06. The molecule has 0 aliphatic heterocycles. The molecule has 2 aromatic heterocycles. The van der Waals surface area contributed by atoms with Crippen LogP contribution >= 0.6 is 11.3 Å². The van der Waals surface area contributed by atoms with Crippen molar-refractivity contribution in [2.45, 2.75) is 13.5 Å². The van der Waals surface area contributed by atoms with Gasteiger partial charge in [0.05, 0.1) is 6.54 Å². The van der Waals surface area contributed by atoms with Crippen molar-refractivity contribution in [1.29, 1.82) is 0 Å². The Morgan fingerprint density at radius 3 is 3.00 bits per heavy atom. The average molecular weight is 207 g/mol. The van der Waals surface area contributed by atoms with Gasteiger partial charge in [-0.15, -0.1) is 11.3 Å². The van der Waals surface area contributed by atoms with E-state index in [-0.39, 0.29) is 5.56 Å². The van der Waals surface area contributed by atoms with E-state index in [2.05, 4.69) is 9.97 Å². The minimum Gasteiger partial charge on any atom is -0.306 e. The van der Waals surface area contributed by atoms with Crippen LogP contribution in [0.4, 0.5) is 0 Å². The number of aromatic nitrogens is 3. The molecule has 14 heavy (non-hydrogen) atoms. The van der Waals surface area contributed by atoms with Crippen LogP contribution in [0.2, 0.25) is 0 Å². The summed E-state index contributed by atoms with van der Waals surface area (Å²) in [4.78, 5) is 19.6. The average Bonchev–Trinajstić information content (AvgIpc) is 2.66. The maximum atomic E-state index is 11.6. The summed E-state index contributed by atoms with van der Waals surface area (Å²) < 4.78 is 1.61. The molecule has 0 aliphatic carbocycles. The fourth-order valence-corrected chi connectivity index (χ4v) is 1.77. The normalized spacial score (nSPS) is 10.4. The van der Waals surface area contributed by atoms with Crippen molar-refractivity contribution in [2.24, 2.45) is 0 Å². The van der Waals surface area contributed by atoms with Crippen LogP contribution in [-0.4, -0.2) is 14.5 Å². The van der Waals surface area contributed by atoms with Gasteiger partial charge in [0.25, 0.3) is 5.56 Å². The number of nitrogens with zero attached hydrogens (tertiary/aromatic N) is 3. The summed E-state index contributed by atoms with van der Waals surface area (Å²) >= 11 is 1.54. The van der Waals surface area contributed by atoms with Gasteiger partial charge in [0, 0.05) is 24.0 Å². The SMILES string of the molecule is Cc1nccn(Cc2nccs2)c1=O. The van der Waals surface area contributed by atoms with Gasteiger partial charge < -0.3 is 4.57 Å². The van der Waals surface area contributed by atoms with Crippen molar-refractivity contribution in [3.63, 3.8) is 0 Å². The molecule has 0 spiro atoms. The highest BCUT2D eigenvalue weighted by molar-refractivity contribution is 7.09. The molecule has 2 heterocycles. The number of hydrogen-bond donors (Lipinski definition) is 0. The van der Waals surface area contributed by atoms with Gasteiger partial charge in [0.15, 0.2) is 0 Å². The Balaban J connectivity index is 2.34. The Kier molecular flexibility index (Phi) is 2.41. The summed E-state index contributed by atoms with van der Waals surface area (Å²) in [7, 11) is 0. The number of hydrogen-bond acceptors (Lipinski definition) is 4. The van der Waals surface area contributed by atoms with E-state index in [4.69, 9.17) is 0 Å². The Morgan fingerprint density at radius 1 is 1.43 bits per heavy atom. The lowest BCUT2D eigenvalue weighted by Gasteiger charge is -2.02. The second-order valence-electron chi connectivity index (χ2n) is 2.87. The van der Waals surface area contributed by atoms with E-state index >= 15 is 0 Å². The third kappa shape index (κ3) is 1.72. The molecule has 0 saturated heterocycles. The van der Waals surface area contributed by atoms with Gasteiger partial charge in [-0.2, -0.15) is 0 Å². The van der Waals surface area contributed by atoms with Gasteiger partial charge >= 0.3 is 0 Å². The van der Waals surface area contributed by atoms with Gasteiger partial charge in [-0.3, -0.25) is 9.78 Å². The third-order valence-electron chi connectivity index (χ3n) is 1.87. The van der Waals surface area contributed by atoms with E-state index in [9.17, 15) is 4.79 Å². The van der Waals surface area contributed by atoms with Crippen LogP contribution < -0.4 is 5.56 Å². The van der Waals surface area contributed by atoms with Crippen LogP contribution in [0, 0.1) is 6.92 Å². The van der Waals surface area contributed by atoms with Crippen molar-refractivity contribution in [3.8, 4) is 0 Å². The summed E-state index contributed by atoms with van der Waals surface area (Å²) in [5.41, 5.74) is 0.465. The molecule has 5 heteroatoms. The minimum absolute atomic E-state index is 0.0531. The second-order valence-corrected chi connectivity index (χ2v) is 3.85. The number of aryl methyl sites for hydroxylation is 1. The molecule has 2 aromatic rings. The zero-order valence-corrected chi connectivity index (χ0v) is 8.49. The van der Waals surface area contributed by atoms with Gasteiger partial charge in [0.2, 0.25) is 0 Å². The molecule has 0 atom stereocenters. The first-order valence-electron chi connectivity index (χ1n) is 4.18. The minimum atomic E-state index is -0.0531. The van der Waals surface area contributed by atoms with Crippen LogP contribution in [0.15, 0.2) is 28.8 Å². The molecule has 0 fully saturated rings. The highest BCUT2D eigenvalue weighted by atomic mass is 32.1. The Bertz CT molecular complexity index is 475. The molecular formula is C9H9N3OS. The monoisotopic (exact) mass is 207 g/mol. The molecule has 0 N–H and O–H groups in total. The third-order valence-corrected chi connectivity index (χ3v) is 2.64.